The van der Waals surface area contributed by atoms with E-state index < -0.39 is 0 Å². The predicted octanol–water partition coefficient (Wildman–Crippen LogP) is 4.62. The number of hydrogen-bond donors (Lipinski definition) is 0. The highest BCUT2D eigenvalue weighted by atomic mass is 16.6. The van der Waals surface area contributed by atoms with E-state index in [9.17, 15) is 4.79 Å². The fraction of sp³-hybridized carbons (Fsp3) is 0.192. The molecule has 0 radical (unpaired) electrons. The molecule has 7 nitrogen and oxygen atoms in total. The summed E-state index contributed by atoms with van der Waals surface area (Å²) in [4.78, 5) is 14.6. The molecule has 5 rings (SSSR count). The van der Waals surface area contributed by atoms with Crippen LogP contribution in [-0.2, 0) is 0 Å². The molecule has 0 bridgehead atoms. The molecule has 1 aromatic heterocycles. The summed E-state index contributed by atoms with van der Waals surface area (Å²) in [5.74, 6) is 2.20. The maximum atomic E-state index is 12.9. The molecule has 2 heterocycles. The smallest absolute Gasteiger partial charge is 0.253 e. The fourth-order valence-electron chi connectivity index (χ4n) is 3.78. The number of rotatable bonds is 5. The van der Waals surface area contributed by atoms with E-state index in [0.29, 0.717) is 36.2 Å². The van der Waals surface area contributed by atoms with Crippen LogP contribution in [0.1, 0.15) is 15.9 Å². The number of aryl methyl sites for hydroxylation is 1. The van der Waals surface area contributed by atoms with E-state index in [1.165, 1.54) is 0 Å². The summed E-state index contributed by atoms with van der Waals surface area (Å²) in [5.41, 5.74) is 3.29. The van der Waals surface area contributed by atoms with Crippen molar-refractivity contribution in [1.29, 1.82) is 0 Å². The van der Waals surface area contributed by atoms with Crippen LogP contribution in [-0.4, -0.2) is 47.3 Å². The Balaban J connectivity index is 1.25. The molecule has 1 atom stereocenters. The van der Waals surface area contributed by atoms with E-state index in [-0.39, 0.29) is 12.0 Å². The molecule has 0 saturated heterocycles. The third-order valence-corrected chi connectivity index (χ3v) is 5.57. The summed E-state index contributed by atoms with van der Waals surface area (Å²) in [6.07, 6.45) is -0.230. The Morgan fingerprint density at radius 1 is 0.939 bits per heavy atom. The highest BCUT2D eigenvalue weighted by Gasteiger charge is 2.24. The molecule has 7 heteroatoms. The molecular weight excluding hydrogens is 418 g/mol. The van der Waals surface area contributed by atoms with Gasteiger partial charge in [-0.25, -0.2) is 0 Å². The van der Waals surface area contributed by atoms with Gasteiger partial charge in [0.25, 0.3) is 5.91 Å². The van der Waals surface area contributed by atoms with E-state index in [2.05, 4.69) is 10.2 Å². The van der Waals surface area contributed by atoms with Gasteiger partial charge in [-0.2, -0.15) is 0 Å². The van der Waals surface area contributed by atoms with Gasteiger partial charge in [0, 0.05) is 23.7 Å². The zero-order chi connectivity index (χ0) is 22.8. The van der Waals surface area contributed by atoms with Crippen LogP contribution in [0.25, 0.3) is 22.9 Å². The maximum absolute atomic E-state index is 12.9. The van der Waals surface area contributed by atoms with Crippen LogP contribution in [0.3, 0.4) is 0 Å². The Morgan fingerprint density at radius 3 is 2.42 bits per heavy atom. The first-order chi connectivity index (χ1) is 16.1. The van der Waals surface area contributed by atoms with E-state index in [1.54, 1.807) is 24.1 Å². The van der Waals surface area contributed by atoms with Crippen molar-refractivity contribution in [3.8, 4) is 34.4 Å². The van der Waals surface area contributed by atoms with Gasteiger partial charge in [0.05, 0.1) is 6.54 Å². The number of ether oxygens (including phenoxy) is 2. The highest BCUT2D eigenvalue weighted by molar-refractivity contribution is 5.94. The molecule has 3 aromatic carbocycles. The van der Waals surface area contributed by atoms with Crippen LogP contribution in [0.4, 0.5) is 0 Å². The minimum absolute atomic E-state index is 0.102. The average Bonchev–Trinajstić information content (AvgIpc) is 3.34. The van der Waals surface area contributed by atoms with Crippen LogP contribution in [0.15, 0.2) is 77.2 Å². The summed E-state index contributed by atoms with van der Waals surface area (Å²) in [6, 6.07) is 22.5. The third-order valence-electron chi connectivity index (χ3n) is 5.57. The summed E-state index contributed by atoms with van der Waals surface area (Å²) in [6.45, 7) is 2.81. The zero-order valence-electron chi connectivity index (χ0n) is 18.4. The van der Waals surface area contributed by atoms with E-state index in [1.807, 2.05) is 67.6 Å². The zero-order valence-corrected chi connectivity index (χ0v) is 18.4. The Hall–Kier alpha value is -4.13. The lowest BCUT2D eigenvalue weighted by Gasteiger charge is -2.29. The summed E-state index contributed by atoms with van der Waals surface area (Å²) < 4.78 is 17.6. The van der Waals surface area contributed by atoms with E-state index in [4.69, 9.17) is 13.9 Å². The second kappa shape index (κ2) is 8.78. The molecule has 0 saturated carbocycles. The van der Waals surface area contributed by atoms with E-state index in [0.717, 1.165) is 22.4 Å². The summed E-state index contributed by atoms with van der Waals surface area (Å²) in [7, 11) is 1.76. The number of fused-ring (bicyclic) bond motifs is 1. The van der Waals surface area contributed by atoms with Gasteiger partial charge >= 0.3 is 0 Å². The van der Waals surface area contributed by atoms with Crippen molar-refractivity contribution in [2.75, 3.05) is 20.2 Å². The fourth-order valence-corrected chi connectivity index (χ4v) is 3.78. The number of carbonyl (C=O) groups is 1. The van der Waals surface area contributed by atoms with Gasteiger partial charge in [0.2, 0.25) is 11.8 Å². The maximum Gasteiger partial charge on any atom is 0.253 e. The SMILES string of the molecule is Cc1ccccc1-c1nnc(-c2ccc(C(=O)N(C)C[C@H]3COc4ccccc4O3)cc2)o1. The number of aromatic nitrogens is 2. The lowest BCUT2D eigenvalue weighted by atomic mass is 10.1. The van der Waals surface area contributed by atoms with Crippen LogP contribution in [0.2, 0.25) is 0 Å². The second-order valence-corrected chi connectivity index (χ2v) is 7.99. The first kappa shape index (κ1) is 20.8. The second-order valence-electron chi connectivity index (χ2n) is 7.99. The van der Waals surface area contributed by atoms with Crippen molar-refractivity contribution < 1.29 is 18.7 Å². The van der Waals surface area contributed by atoms with Gasteiger partial charge in [-0.05, 0) is 55.0 Å². The van der Waals surface area contributed by atoms with Crippen molar-refractivity contribution in [1.82, 2.24) is 15.1 Å². The molecule has 0 spiro atoms. The topological polar surface area (TPSA) is 77.7 Å². The monoisotopic (exact) mass is 441 g/mol. The molecule has 1 aliphatic rings. The molecule has 1 aliphatic heterocycles. The first-order valence-electron chi connectivity index (χ1n) is 10.7. The normalized spacial score (nSPS) is 14.7. The molecular formula is C26H23N3O4. The molecule has 1 amide bonds. The molecule has 0 N–H and O–H groups in total. The van der Waals surface area contributed by atoms with Crippen LogP contribution < -0.4 is 9.47 Å². The molecule has 33 heavy (non-hydrogen) atoms. The number of hydrogen-bond acceptors (Lipinski definition) is 6. The quantitative estimate of drug-likeness (QED) is 0.450. The van der Waals surface area contributed by atoms with E-state index >= 15 is 0 Å². The largest absolute Gasteiger partial charge is 0.486 e. The third kappa shape index (κ3) is 4.30. The van der Waals surface area contributed by atoms with Gasteiger partial charge in [-0.15, -0.1) is 10.2 Å². The minimum Gasteiger partial charge on any atom is -0.486 e. The molecule has 4 aromatic rings. The number of nitrogens with zero attached hydrogens (tertiary/aromatic N) is 3. The van der Waals surface area contributed by atoms with Gasteiger partial charge < -0.3 is 18.8 Å². The number of carbonyl (C=O) groups excluding carboxylic acids is 1. The number of amides is 1. The molecule has 166 valence electrons. The Labute approximate surface area is 191 Å². The first-order valence-corrected chi connectivity index (χ1v) is 10.7. The Bertz CT molecular complexity index is 1280. The van der Waals surface area contributed by atoms with Crippen LogP contribution in [0.5, 0.6) is 11.5 Å². The van der Waals surface area contributed by atoms with Crippen LogP contribution in [0, 0.1) is 6.92 Å². The Morgan fingerprint density at radius 2 is 1.64 bits per heavy atom. The Kier molecular flexibility index (Phi) is 5.52. The van der Waals surface area contributed by atoms with Crippen molar-refractivity contribution in [3.63, 3.8) is 0 Å². The lowest BCUT2D eigenvalue weighted by molar-refractivity contribution is 0.0521. The molecule has 0 fully saturated rings. The lowest BCUT2D eigenvalue weighted by Crippen LogP contribution is -2.41. The average molecular weight is 441 g/mol. The van der Waals surface area contributed by atoms with Crippen molar-refractivity contribution in [2.24, 2.45) is 0 Å². The number of benzene rings is 3. The van der Waals surface area contributed by atoms with Crippen LogP contribution >= 0.6 is 0 Å². The highest BCUT2D eigenvalue weighted by Crippen LogP contribution is 2.31. The minimum atomic E-state index is -0.230. The number of para-hydroxylation sites is 2. The number of likely N-dealkylation sites (N-methyl/N-ethyl adjacent to an activating group) is 1. The standard InChI is InChI=1S/C26H23N3O4/c1-17-7-3-4-8-21(17)25-28-27-24(33-25)18-11-13-19(14-12-18)26(30)29(2)15-20-16-31-22-9-5-6-10-23(22)32-20/h3-14,20H,15-16H2,1-2H3/t20-/m0/s1. The van der Waals surface area contributed by atoms with Crippen molar-refractivity contribution >= 4 is 5.91 Å². The molecule has 0 aliphatic carbocycles. The van der Waals surface area contributed by atoms with Gasteiger partial charge in [0.1, 0.15) is 6.61 Å². The molecule has 0 unspecified atom stereocenters. The summed E-state index contributed by atoms with van der Waals surface area (Å²) in [5, 5.41) is 8.34. The van der Waals surface area contributed by atoms with Crippen molar-refractivity contribution in [2.45, 2.75) is 13.0 Å². The van der Waals surface area contributed by atoms with Gasteiger partial charge in [0.15, 0.2) is 17.6 Å². The summed E-state index contributed by atoms with van der Waals surface area (Å²) >= 11 is 0. The van der Waals surface area contributed by atoms with Gasteiger partial charge in [-0.1, -0.05) is 30.3 Å². The van der Waals surface area contributed by atoms with Crippen molar-refractivity contribution in [3.05, 3.63) is 83.9 Å². The predicted molar refractivity (Wildman–Crippen MR) is 123 cm³/mol. The van der Waals surface area contributed by atoms with Gasteiger partial charge in [-0.3, -0.25) is 4.79 Å².